The van der Waals surface area contributed by atoms with E-state index in [0.717, 1.165) is 4.90 Å². The molecule has 4 rings (SSSR count). The van der Waals surface area contributed by atoms with Gasteiger partial charge in [0.1, 0.15) is 17.9 Å². The normalized spacial score (nSPS) is 18.9. The third-order valence-corrected chi connectivity index (χ3v) is 5.16. The lowest BCUT2D eigenvalue weighted by Crippen LogP contribution is -2.43. The van der Waals surface area contributed by atoms with Crippen molar-refractivity contribution in [3.05, 3.63) is 70.8 Å². The smallest absolute Gasteiger partial charge is 0.325 e. The van der Waals surface area contributed by atoms with Crippen LogP contribution < -0.4 is 5.32 Å². The number of amides is 3. The number of hydrogen-bond donors (Lipinski definition) is 1. The second-order valence-electron chi connectivity index (χ2n) is 6.61. The predicted molar refractivity (Wildman–Crippen MR) is 102 cm³/mol. The number of imide groups is 1. The number of nitrogens with one attached hydrogen (secondary N) is 1. The Hall–Kier alpha value is -3.26. The molecule has 2 heterocycles. The standard InChI is InChI=1S/C20H16ClFN4O3/c1-2-20(13-5-7-14(21)8-6-13)18(27)26(19(28)24-20)11-16-23-17(25-29-16)12-3-9-15(22)10-4-12/h3-10H,2,11H2,1H3,(H,24,28). The highest BCUT2D eigenvalue weighted by molar-refractivity contribution is 6.30. The lowest BCUT2D eigenvalue weighted by molar-refractivity contribution is -0.132. The fourth-order valence-corrected chi connectivity index (χ4v) is 3.44. The molecule has 0 spiro atoms. The third-order valence-electron chi connectivity index (χ3n) is 4.91. The van der Waals surface area contributed by atoms with Gasteiger partial charge in [-0.15, -0.1) is 0 Å². The zero-order chi connectivity index (χ0) is 20.6. The van der Waals surface area contributed by atoms with Gasteiger partial charge in [0.15, 0.2) is 0 Å². The molecule has 1 unspecified atom stereocenters. The van der Waals surface area contributed by atoms with Crippen LogP contribution in [0.2, 0.25) is 5.02 Å². The average molecular weight is 415 g/mol. The molecule has 9 heteroatoms. The van der Waals surface area contributed by atoms with Crippen LogP contribution >= 0.6 is 11.6 Å². The van der Waals surface area contributed by atoms with Crippen LogP contribution in [0.3, 0.4) is 0 Å². The minimum Gasteiger partial charge on any atom is -0.337 e. The topological polar surface area (TPSA) is 88.3 Å². The van der Waals surface area contributed by atoms with E-state index in [0.29, 0.717) is 22.6 Å². The van der Waals surface area contributed by atoms with E-state index in [4.69, 9.17) is 16.1 Å². The first-order valence-electron chi connectivity index (χ1n) is 8.91. The lowest BCUT2D eigenvalue weighted by atomic mass is 9.87. The molecule has 3 amide bonds. The zero-order valence-electron chi connectivity index (χ0n) is 15.4. The van der Waals surface area contributed by atoms with E-state index < -0.39 is 17.5 Å². The van der Waals surface area contributed by atoms with Crippen LogP contribution in [0.5, 0.6) is 0 Å². The van der Waals surface area contributed by atoms with Gasteiger partial charge >= 0.3 is 6.03 Å². The summed E-state index contributed by atoms with van der Waals surface area (Å²) >= 11 is 5.94. The largest absolute Gasteiger partial charge is 0.337 e. The van der Waals surface area contributed by atoms with Crippen molar-refractivity contribution in [1.29, 1.82) is 0 Å². The number of carbonyl (C=O) groups excluding carboxylic acids is 2. The molecular formula is C20H16ClFN4O3. The van der Waals surface area contributed by atoms with Gasteiger partial charge in [-0.25, -0.2) is 9.18 Å². The molecule has 148 valence electrons. The van der Waals surface area contributed by atoms with Crippen LogP contribution in [0.15, 0.2) is 53.1 Å². The van der Waals surface area contributed by atoms with E-state index in [1.807, 2.05) is 6.92 Å². The van der Waals surface area contributed by atoms with Crippen molar-refractivity contribution in [2.45, 2.75) is 25.4 Å². The van der Waals surface area contributed by atoms with E-state index in [2.05, 4.69) is 15.5 Å². The molecular weight excluding hydrogens is 399 g/mol. The Labute approximate surface area is 170 Å². The Bertz CT molecular complexity index is 1070. The van der Waals surface area contributed by atoms with Crippen molar-refractivity contribution in [3.63, 3.8) is 0 Å². The van der Waals surface area contributed by atoms with Gasteiger partial charge < -0.3 is 9.84 Å². The predicted octanol–water partition coefficient (Wildman–Crippen LogP) is 3.89. The van der Waals surface area contributed by atoms with Gasteiger partial charge in [-0.2, -0.15) is 4.98 Å². The van der Waals surface area contributed by atoms with Crippen LogP contribution in [0.1, 0.15) is 24.8 Å². The Morgan fingerprint density at radius 1 is 1.14 bits per heavy atom. The second kappa shape index (κ2) is 7.29. The van der Waals surface area contributed by atoms with E-state index in [1.165, 1.54) is 24.3 Å². The van der Waals surface area contributed by atoms with Gasteiger partial charge in [0, 0.05) is 10.6 Å². The minimum atomic E-state index is -1.18. The first-order chi connectivity index (χ1) is 13.9. The maximum absolute atomic E-state index is 13.2. The Morgan fingerprint density at radius 2 is 1.83 bits per heavy atom. The van der Waals surface area contributed by atoms with Gasteiger partial charge in [-0.1, -0.05) is 35.8 Å². The van der Waals surface area contributed by atoms with Crippen molar-refractivity contribution < 1.29 is 18.5 Å². The number of nitrogens with zero attached hydrogens (tertiary/aromatic N) is 3. The van der Waals surface area contributed by atoms with Gasteiger partial charge in [-0.05, 0) is 48.4 Å². The van der Waals surface area contributed by atoms with Crippen molar-refractivity contribution in [3.8, 4) is 11.4 Å². The second-order valence-corrected chi connectivity index (χ2v) is 7.04. The molecule has 1 saturated heterocycles. The molecule has 29 heavy (non-hydrogen) atoms. The molecule has 7 nitrogen and oxygen atoms in total. The molecule has 0 aliphatic carbocycles. The first kappa shape index (κ1) is 19.1. The highest BCUT2D eigenvalue weighted by atomic mass is 35.5. The maximum Gasteiger partial charge on any atom is 0.325 e. The highest BCUT2D eigenvalue weighted by Crippen LogP contribution is 2.33. The molecule has 1 aromatic heterocycles. The molecule has 0 radical (unpaired) electrons. The Morgan fingerprint density at radius 3 is 2.48 bits per heavy atom. The number of rotatable bonds is 5. The molecule has 1 aliphatic rings. The first-order valence-corrected chi connectivity index (χ1v) is 9.29. The van der Waals surface area contributed by atoms with Crippen LogP contribution in [-0.4, -0.2) is 27.0 Å². The summed E-state index contributed by atoms with van der Waals surface area (Å²) in [5.74, 6) is -0.453. The van der Waals surface area contributed by atoms with Crippen molar-refractivity contribution in [2.24, 2.45) is 0 Å². The summed E-state index contributed by atoms with van der Waals surface area (Å²) in [7, 11) is 0. The van der Waals surface area contributed by atoms with Crippen LogP contribution in [0, 0.1) is 5.82 Å². The molecule has 1 aliphatic heterocycles. The Kier molecular flexibility index (Phi) is 4.79. The molecule has 1 fully saturated rings. The number of carbonyl (C=O) groups is 2. The zero-order valence-corrected chi connectivity index (χ0v) is 16.1. The van der Waals surface area contributed by atoms with Gasteiger partial charge in [0.2, 0.25) is 11.7 Å². The summed E-state index contributed by atoms with van der Waals surface area (Å²) in [6.07, 6.45) is 0.361. The summed E-state index contributed by atoms with van der Waals surface area (Å²) < 4.78 is 18.3. The number of benzene rings is 2. The van der Waals surface area contributed by atoms with Gasteiger partial charge in [-0.3, -0.25) is 9.69 Å². The molecule has 2 aromatic carbocycles. The monoisotopic (exact) mass is 414 g/mol. The van der Waals surface area contributed by atoms with E-state index in [1.54, 1.807) is 24.3 Å². The minimum absolute atomic E-state index is 0.0934. The number of halogens is 2. The van der Waals surface area contributed by atoms with Crippen molar-refractivity contribution in [1.82, 2.24) is 20.4 Å². The van der Waals surface area contributed by atoms with Gasteiger partial charge in [0.25, 0.3) is 5.91 Å². The van der Waals surface area contributed by atoms with Crippen LogP contribution in [-0.2, 0) is 16.9 Å². The fourth-order valence-electron chi connectivity index (χ4n) is 3.31. The number of aromatic nitrogens is 2. The summed E-state index contributed by atoms with van der Waals surface area (Å²) in [4.78, 5) is 31.0. The van der Waals surface area contributed by atoms with Crippen LogP contribution in [0.4, 0.5) is 9.18 Å². The average Bonchev–Trinajstić information content (AvgIpc) is 3.28. The molecule has 3 aromatic rings. The molecule has 1 N–H and O–H groups in total. The number of urea groups is 1. The SMILES string of the molecule is CCC1(c2ccc(Cl)cc2)NC(=O)N(Cc2nc(-c3ccc(F)cc3)no2)C1=O. The summed E-state index contributed by atoms with van der Waals surface area (Å²) in [5, 5.41) is 7.16. The Balaban J connectivity index is 1.58. The summed E-state index contributed by atoms with van der Waals surface area (Å²) in [6, 6.07) is 11.8. The lowest BCUT2D eigenvalue weighted by Gasteiger charge is -2.25. The third kappa shape index (κ3) is 3.36. The molecule has 1 atom stereocenters. The van der Waals surface area contributed by atoms with E-state index >= 15 is 0 Å². The van der Waals surface area contributed by atoms with Crippen molar-refractivity contribution >= 4 is 23.5 Å². The maximum atomic E-state index is 13.2. The van der Waals surface area contributed by atoms with Crippen molar-refractivity contribution in [2.75, 3.05) is 0 Å². The number of hydrogen-bond acceptors (Lipinski definition) is 5. The van der Waals surface area contributed by atoms with Crippen LogP contribution in [0.25, 0.3) is 11.4 Å². The summed E-state index contributed by atoms with van der Waals surface area (Å²) in [6.45, 7) is 1.64. The highest BCUT2D eigenvalue weighted by Gasteiger charge is 2.51. The quantitative estimate of drug-likeness (QED) is 0.640. The van der Waals surface area contributed by atoms with Gasteiger partial charge in [0.05, 0.1) is 0 Å². The fraction of sp³-hybridized carbons (Fsp3) is 0.200. The molecule has 0 saturated carbocycles. The molecule has 0 bridgehead atoms. The van der Waals surface area contributed by atoms with E-state index in [-0.39, 0.29) is 24.1 Å². The summed E-state index contributed by atoms with van der Waals surface area (Å²) in [5.41, 5.74) is 0.0204. The van der Waals surface area contributed by atoms with E-state index in [9.17, 15) is 14.0 Å².